The van der Waals surface area contributed by atoms with E-state index in [1.54, 1.807) is 11.3 Å². The molecule has 0 bridgehead atoms. The van der Waals surface area contributed by atoms with Crippen molar-refractivity contribution in [3.05, 3.63) is 40.2 Å². The molecular formula is C16H22N2OS. The third-order valence-electron chi connectivity index (χ3n) is 2.93. The van der Waals surface area contributed by atoms with Crippen LogP contribution in [-0.4, -0.2) is 18.1 Å². The Balaban J connectivity index is 2.20. The van der Waals surface area contributed by atoms with E-state index in [1.807, 2.05) is 13.0 Å². The Labute approximate surface area is 125 Å². The average Bonchev–Trinajstić information content (AvgIpc) is 2.89. The number of aromatic nitrogens is 1. The molecule has 0 atom stereocenters. The van der Waals surface area contributed by atoms with Crippen LogP contribution in [0.2, 0.25) is 0 Å². The minimum Gasteiger partial charge on any atom is -0.375 e. The zero-order chi connectivity index (χ0) is 14.2. The Kier molecular flexibility index (Phi) is 6.18. The van der Waals surface area contributed by atoms with Gasteiger partial charge in [-0.2, -0.15) is 0 Å². The van der Waals surface area contributed by atoms with Gasteiger partial charge in [0.05, 0.1) is 12.3 Å². The predicted octanol–water partition coefficient (Wildman–Crippen LogP) is 3.85. The molecule has 2 aromatic rings. The van der Waals surface area contributed by atoms with Crippen molar-refractivity contribution in [2.75, 3.05) is 13.2 Å². The van der Waals surface area contributed by atoms with Crippen LogP contribution in [0.4, 0.5) is 0 Å². The van der Waals surface area contributed by atoms with Crippen LogP contribution in [0.25, 0.3) is 11.3 Å². The summed E-state index contributed by atoms with van der Waals surface area (Å²) < 4.78 is 5.48. The quantitative estimate of drug-likeness (QED) is 0.750. The maximum Gasteiger partial charge on any atom is 0.119 e. The molecule has 0 aliphatic carbocycles. The summed E-state index contributed by atoms with van der Waals surface area (Å²) in [6.45, 7) is 7.43. The topological polar surface area (TPSA) is 34.1 Å². The number of ether oxygens (including phenoxy) is 1. The number of nitrogens with one attached hydrogen (secondary N) is 1. The fourth-order valence-corrected chi connectivity index (χ4v) is 2.97. The molecule has 0 saturated heterocycles. The van der Waals surface area contributed by atoms with Crippen LogP contribution in [0.1, 0.15) is 30.2 Å². The van der Waals surface area contributed by atoms with Crippen molar-refractivity contribution in [1.82, 2.24) is 10.3 Å². The largest absolute Gasteiger partial charge is 0.375 e. The van der Waals surface area contributed by atoms with Gasteiger partial charge in [-0.25, -0.2) is 4.98 Å². The molecule has 2 rings (SSSR count). The molecule has 0 aliphatic heterocycles. The van der Waals surface area contributed by atoms with E-state index < -0.39 is 0 Å². The number of thiazole rings is 1. The van der Waals surface area contributed by atoms with Gasteiger partial charge in [0.1, 0.15) is 5.01 Å². The molecule has 0 unspecified atom stereocenters. The summed E-state index contributed by atoms with van der Waals surface area (Å²) >= 11 is 1.75. The van der Waals surface area contributed by atoms with E-state index in [9.17, 15) is 0 Å². The first-order valence-corrected chi connectivity index (χ1v) is 7.99. The number of benzene rings is 1. The van der Waals surface area contributed by atoms with Crippen LogP contribution in [0.5, 0.6) is 0 Å². The van der Waals surface area contributed by atoms with Crippen LogP contribution in [0.15, 0.2) is 30.3 Å². The normalized spacial score (nSPS) is 10.9. The Morgan fingerprint density at radius 3 is 2.70 bits per heavy atom. The predicted molar refractivity (Wildman–Crippen MR) is 84.9 cm³/mol. The first-order valence-electron chi connectivity index (χ1n) is 7.17. The third kappa shape index (κ3) is 4.13. The molecule has 0 amide bonds. The summed E-state index contributed by atoms with van der Waals surface area (Å²) in [5.41, 5.74) is 2.27. The highest BCUT2D eigenvalue weighted by atomic mass is 32.1. The van der Waals surface area contributed by atoms with Crippen LogP contribution >= 0.6 is 11.3 Å². The zero-order valence-electron chi connectivity index (χ0n) is 12.2. The van der Waals surface area contributed by atoms with Crippen LogP contribution < -0.4 is 5.32 Å². The van der Waals surface area contributed by atoms with Crippen molar-refractivity contribution in [3.63, 3.8) is 0 Å². The summed E-state index contributed by atoms with van der Waals surface area (Å²) in [6, 6.07) is 10.4. The van der Waals surface area contributed by atoms with Crippen molar-refractivity contribution in [1.29, 1.82) is 0 Å². The molecule has 0 spiro atoms. The number of rotatable bonds is 8. The SMILES string of the molecule is CCCNCc1sc(COCC)nc1-c1ccccc1. The molecule has 0 aliphatic rings. The molecule has 0 saturated carbocycles. The highest BCUT2D eigenvalue weighted by Gasteiger charge is 2.12. The summed E-state index contributed by atoms with van der Waals surface area (Å²) in [5, 5.41) is 4.52. The van der Waals surface area contributed by atoms with Gasteiger partial charge in [-0.05, 0) is 19.9 Å². The second kappa shape index (κ2) is 8.15. The summed E-state index contributed by atoms with van der Waals surface area (Å²) in [5.74, 6) is 0. The first kappa shape index (κ1) is 15.2. The minimum absolute atomic E-state index is 0.606. The van der Waals surface area contributed by atoms with Crippen molar-refractivity contribution in [2.24, 2.45) is 0 Å². The molecule has 20 heavy (non-hydrogen) atoms. The molecule has 1 N–H and O–H groups in total. The maximum atomic E-state index is 5.48. The molecule has 3 nitrogen and oxygen atoms in total. The second-order valence-electron chi connectivity index (χ2n) is 4.56. The third-order valence-corrected chi connectivity index (χ3v) is 3.96. The van der Waals surface area contributed by atoms with Crippen LogP contribution in [0.3, 0.4) is 0 Å². The van der Waals surface area contributed by atoms with Gasteiger partial charge in [-0.15, -0.1) is 11.3 Å². The van der Waals surface area contributed by atoms with Gasteiger partial charge in [-0.3, -0.25) is 0 Å². The average molecular weight is 290 g/mol. The lowest BCUT2D eigenvalue weighted by Gasteiger charge is -2.03. The van der Waals surface area contributed by atoms with E-state index in [4.69, 9.17) is 9.72 Å². The van der Waals surface area contributed by atoms with E-state index >= 15 is 0 Å². The van der Waals surface area contributed by atoms with E-state index in [-0.39, 0.29) is 0 Å². The summed E-state index contributed by atoms with van der Waals surface area (Å²) in [6.07, 6.45) is 1.14. The van der Waals surface area contributed by atoms with Crippen LogP contribution in [0, 0.1) is 0 Å². The standard InChI is InChI=1S/C16H22N2OS/c1-3-10-17-11-14-16(13-8-6-5-7-9-13)18-15(20-14)12-19-4-2/h5-9,17H,3-4,10-12H2,1-2H3. The molecule has 1 heterocycles. The second-order valence-corrected chi connectivity index (χ2v) is 5.73. The monoisotopic (exact) mass is 290 g/mol. The fourth-order valence-electron chi connectivity index (χ4n) is 1.97. The minimum atomic E-state index is 0.606. The Hall–Kier alpha value is -1.23. The number of hydrogen-bond acceptors (Lipinski definition) is 4. The highest BCUT2D eigenvalue weighted by molar-refractivity contribution is 7.12. The Bertz CT molecular complexity index is 510. The van der Waals surface area contributed by atoms with Gasteiger partial charge in [0.25, 0.3) is 0 Å². The molecule has 1 aromatic heterocycles. The van der Waals surface area contributed by atoms with E-state index in [0.29, 0.717) is 6.61 Å². The smallest absolute Gasteiger partial charge is 0.119 e. The van der Waals surface area contributed by atoms with Crippen molar-refractivity contribution in [2.45, 2.75) is 33.4 Å². The maximum absolute atomic E-state index is 5.48. The molecule has 108 valence electrons. The molecular weight excluding hydrogens is 268 g/mol. The highest BCUT2D eigenvalue weighted by Crippen LogP contribution is 2.28. The van der Waals surface area contributed by atoms with E-state index in [1.165, 1.54) is 10.4 Å². The van der Waals surface area contributed by atoms with Crippen molar-refractivity contribution >= 4 is 11.3 Å². The molecule has 0 radical (unpaired) electrons. The van der Waals surface area contributed by atoms with Crippen molar-refractivity contribution in [3.8, 4) is 11.3 Å². The molecule has 0 fully saturated rings. The fraction of sp³-hybridized carbons (Fsp3) is 0.438. The van der Waals surface area contributed by atoms with E-state index in [0.717, 1.165) is 36.8 Å². The lowest BCUT2D eigenvalue weighted by molar-refractivity contribution is 0.134. The summed E-state index contributed by atoms with van der Waals surface area (Å²) in [7, 11) is 0. The molecule has 1 aromatic carbocycles. The number of nitrogens with zero attached hydrogens (tertiary/aromatic N) is 1. The molecule has 4 heteroatoms. The Morgan fingerprint density at radius 1 is 1.20 bits per heavy atom. The van der Waals surface area contributed by atoms with Crippen molar-refractivity contribution < 1.29 is 4.74 Å². The van der Waals surface area contributed by atoms with Gasteiger partial charge in [0.15, 0.2) is 0 Å². The van der Waals surface area contributed by atoms with Gasteiger partial charge in [-0.1, -0.05) is 37.3 Å². The lowest BCUT2D eigenvalue weighted by atomic mass is 10.1. The first-order chi connectivity index (χ1) is 9.85. The van der Waals surface area contributed by atoms with Crippen LogP contribution in [-0.2, 0) is 17.9 Å². The van der Waals surface area contributed by atoms with Gasteiger partial charge >= 0.3 is 0 Å². The van der Waals surface area contributed by atoms with Gasteiger partial charge in [0.2, 0.25) is 0 Å². The van der Waals surface area contributed by atoms with E-state index in [2.05, 4.69) is 36.5 Å². The van der Waals surface area contributed by atoms with Gasteiger partial charge in [0, 0.05) is 23.6 Å². The summed E-state index contributed by atoms with van der Waals surface area (Å²) in [4.78, 5) is 6.04. The van der Waals surface area contributed by atoms with Gasteiger partial charge < -0.3 is 10.1 Å². The Morgan fingerprint density at radius 2 is 2.00 bits per heavy atom. The number of hydrogen-bond donors (Lipinski definition) is 1. The zero-order valence-corrected chi connectivity index (χ0v) is 13.0. The lowest BCUT2D eigenvalue weighted by Crippen LogP contribution is -2.13.